The van der Waals surface area contributed by atoms with E-state index in [-0.39, 0.29) is 10.3 Å². The highest BCUT2D eigenvalue weighted by Gasteiger charge is 2.41. The van der Waals surface area contributed by atoms with E-state index in [9.17, 15) is 8.42 Å². The van der Waals surface area contributed by atoms with Crippen molar-refractivity contribution in [1.82, 2.24) is 20.1 Å². The highest BCUT2D eigenvalue weighted by Crippen LogP contribution is 2.39. The third-order valence-electron chi connectivity index (χ3n) is 8.13. The maximum atomic E-state index is 12.9. The van der Waals surface area contributed by atoms with E-state index < -0.39 is 9.84 Å². The number of aromatic amines is 1. The van der Waals surface area contributed by atoms with E-state index >= 15 is 0 Å². The van der Waals surface area contributed by atoms with Gasteiger partial charge in [0.25, 0.3) is 0 Å². The van der Waals surface area contributed by atoms with Crippen molar-refractivity contribution in [2.75, 3.05) is 18.4 Å². The topological polar surface area (TPSA) is 91.0 Å². The summed E-state index contributed by atoms with van der Waals surface area (Å²) in [6.45, 7) is 3.27. The summed E-state index contributed by atoms with van der Waals surface area (Å²) in [5, 5.41) is 13.0. The van der Waals surface area contributed by atoms with Crippen LogP contribution in [0.1, 0.15) is 50.5 Å². The number of nitrogens with one attached hydrogen (secondary N) is 2. The van der Waals surface area contributed by atoms with Crippen molar-refractivity contribution in [1.29, 1.82) is 0 Å². The van der Waals surface area contributed by atoms with Gasteiger partial charge in [-0.25, -0.2) is 8.42 Å². The van der Waals surface area contributed by atoms with Crippen LogP contribution in [0.15, 0.2) is 47.6 Å². The zero-order valence-electron chi connectivity index (χ0n) is 19.5. The summed E-state index contributed by atoms with van der Waals surface area (Å²) in [6, 6.07) is 12.6. The van der Waals surface area contributed by atoms with Gasteiger partial charge in [-0.2, -0.15) is 0 Å². The number of likely N-dealkylation sites (tertiary alicyclic amines) is 1. The highest BCUT2D eigenvalue weighted by molar-refractivity contribution is 7.92. The number of sulfone groups is 1. The van der Waals surface area contributed by atoms with Gasteiger partial charge in [0.2, 0.25) is 0 Å². The first-order chi connectivity index (χ1) is 16.5. The lowest BCUT2D eigenvalue weighted by Crippen LogP contribution is -2.26. The fourth-order valence-electron chi connectivity index (χ4n) is 6.40. The summed E-state index contributed by atoms with van der Waals surface area (Å²) in [5.41, 5.74) is 2.57. The lowest BCUT2D eigenvalue weighted by Gasteiger charge is -2.21. The molecule has 1 aromatic carbocycles. The van der Waals surface area contributed by atoms with E-state index in [1.807, 2.05) is 6.20 Å². The second kappa shape index (κ2) is 8.96. The van der Waals surface area contributed by atoms with Crippen molar-refractivity contribution in [2.24, 2.45) is 11.8 Å². The molecule has 3 aromatic rings. The summed E-state index contributed by atoms with van der Waals surface area (Å²) >= 11 is 0. The molecule has 8 heteroatoms. The number of aromatic nitrogens is 3. The molecule has 7 nitrogen and oxygen atoms in total. The van der Waals surface area contributed by atoms with Crippen LogP contribution in [0.25, 0.3) is 10.9 Å². The van der Waals surface area contributed by atoms with Crippen LogP contribution in [0.3, 0.4) is 0 Å². The summed E-state index contributed by atoms with van der Waals surface area (Å²) in [7, 11) is -3.37. The van der Waals surface area contributed by atoms with E-state index in [2.05, 4.69) is 49.7 Å². The molecule has 0 amide bonds. The number of rotatable bonds is 6. The standard InChI is InChI=1S/C26H33N5O2S/c32-34(33,23-4-2-1-3-5-23)26-9-8-25(29-30-26)28-22-13-20-16-31(17-21(20)14-22)15-18-6-7-19-10-11-27-24(19)12-18/h6-12,20-23,27H,1-5,13-17H2,(H,28,29)/t20-,21+,22-. The molecular weight excluding hydrogens is 446 g/mol. The third kappa shape index (κ3) is 4.33. The third-order valence-corrected chi connectivity index (χ3v) is 10.3. The Morgan fingerprint density at radius 2 is 1.76 bits per heavy atom. The molecule has 2 aromatic heterocycles. The van der Waals surface area contributed by atoms with Gasteiger partial charge in [-0.05, 0) is 72.7 Å². The van der Waals surface area contributed by atoms with Crippen molar-refractivity contribution >= 4 is 26.6 Å². The molecule has 6 rings (SSSR count). The minimum absolute atomic E-state index is 0.126. The molecule has 2 aliphatic carbocycles. The maximum absolute atomic E-state index is 12.9. The second-order valence-electron chi connectivity index (χ2n) is 10.5. The molecule has 2 N–H and O–H groups in total. The molecule has 3 fully saturated rings. The number of H-pyrrole nitrogens is 1. The summed E-state index contributed by atoms with van der Waals surface area (Å²) < 4.78 is 25.7. The van der Waals surface area contributed by atoms with Crippen LogP contribution in [0, 0.1) is 11.8 Å². The van der Waals surface area contributed by atoms with Gasteiger partial charge in [0.1, 0.15) is 5.82 Å². The molecule has 3 aliphatic rings. The van der Waals surface area contributed by atoms with Crippen LogP contribution in [0.4, 0.5) is 5.82 Å². The van der Waals surface area contributed by atoms with Crippen LogP contribution in [-0.2, 0) is 16.4 Å². The van der Waals surface area contributed by atoms with Crippen LogP contribution in [0.5, 0.6) is 0 Å². The fourth-order valence-corrected chi connectivity index (χ4v) is 8.11. The molecular formula is C26H33N5O2S. The van der Waals surface area contributed by atoms with Crippen molar-refractivity contribution in [3.8, 4) is 0 Å². The maximum Gasteiger partial charge on any atom is 0.200 e. The second-order valence-corrected chi connectivity index (χ2v) is 12.7. The predicted octanol–water partition coefficient (Wildman–Crippen LogP) is 4.39. The number of hydrogen-bond donors (Lipinski definition) is 2. The van der Waals surface area contributed by atoms with E-state index in [4.69, 9.17) is 0 Å². The fraction of sp³-hybridized carbons (Fsp3) is 0.538. The van der Waals surface area contributed by atoms with Crippen molar-refractivity contribution in [3.05, 3.63) is 48.2 Å². The van der Waals surface area contributed by atoms with Crippen LogP contribution < -0.4 is 5.32 Å². The average Bonchev–Trinajstić information content (AvgIpc) is 3.55. The van der Waals surface area contributed by atoms with Gasteiger partial charge < -0.3 is 10.3 Å². The molecule has 0 radical (unpaired) electrons. The molecule has 3 heterocycles. The minimum atomic E-state index is -3.37. The van der Waals surface area contributed by atoms with Gasteiger partial charge >= 0.3 is 0 Å². The zero-order valence-corrected chi connectivity index (χ0v) is 20.3. The van der Waals surface area contributed by atoms with E-state index in [1.165, 1.54) is 16.5 Å². The number of hydrogen-bond acceptors (Lipinski definition) is 6. The first-order valence-electron chi connectivity index (χ1n) is 12.7. The van der Waals surface area contributed by atoms with Crippen LogP contribution in [0.2, 0.25) is 0 Å². The predicted molar refractivity (Wildman–Crippen MR) is 133 cm³/mol. The lowest BCUT2D eigenvalue weighted by molar-refractivity contribution is 0.301. The van der Waals surface area contributed by atoms with Crippen molar-refractivity contribution in [2.45, 2.75) is 67.8 Å². The van der Waals surface area contributed by atoms with Gasteiger partial charge in [0.15, 0.2) is 14.9 Å². The Morgan fingerprint density at radius 1 is 0.971 bits per heavy atom. The Bertz CT molecular complexity index is 1240. The number of anilines is 1. The first kappa shape index (κ1) is 22.0. The Balaban J connectivity index is 1.03. The monoisotopic (exact) mass is 479 g/mol. The molecule has 180 valence electrons. The molecule has 0 spiro atoms. The number of nitrogens with zero attached hydrogens (tertiary/aromatic N) is 3. The van der Waals surface area contributed by atoms with E-state index in [0.29, 0.717) is 23.7 Å². The van der Waals surface area contributed by atoms with Crippen LogP contribution in [-0.4, -0.2) is 52.9 Å². The molecule has 1 aliphatic heterocycles. The highest BCUT2D eigenvalue weighted by atomic mass is 32.2. The largest absolute Gasteiger partial charge is 0.366 e. The van der Waals surface area contributed by atoms with Gasteiger partial charge in [-0.1, -0.05) is 31.4 Å². The minimum Gasteiger partial charge on any atom is -0.366 e. The van der Waals surface area contributed by atoms with Crippen molar-refractivity contribution in [3.63, 3.8) is 0 Å². The molecule has 1 saturated heterocycles. The quantitative estimate of drug-likeness (QED) is 0.545. The molecule has 3 atom stereocenters. The van der Waals surface area contributed by atoms with Gasteiger partial charge in [0, 0.05) is 37.4 Å². The molecule has 34 heavy (non-hydrogen) atoms. The Morgan fingerprint density at radius 3 is 2.50 bits per heavy atom. The van der Waals surface area contributed by atoms with Gasteiger partial charge in [-0.15, -0.1) is 10.2 Å². The summed E-state index contributed by atoms with van der Waals surface area (Å²) in [5.74, 6) is 2.08. The zero-order chi connectivity index (χ0) is 23.1. The first-order valence-corrected chi connectivity index (χ1v) is 14.2. The van der Waals surface area contributed by atoms with E-state index in [0.717, 1.165) is 64.6 Å². The average molecular weight is 480 g/mol. The smallest absolute Gasteiger partial charge is 0.200 e. The Labute approximate surface area is 201 Å². The molecule has 0 unspecified atom stereocenters. The Kier molecular flexibility index (Phi) is 5.81. The van der Waals surface area contributed by atoms with Gasteiger partial charge in [-0.3, -0.25) is 4.90 Å². The Hall–Kier alpha value is -2.45. The van der Waals surface area contributed by atoms with Crippen molar-refractivity contribution < 1.29 is 8.42 Å². The lowest BCUT2D eigenvalue weighted by atomic mass is 10.0. The number of benzene rings is 1. The number of fused-ring (bicyclic) bond motifs is 2. The molecule has 2 saturated carbocycles. The molecule has 0 bridgehead atoms. The summed E-state index contributed by atoms with van der Waals surface area (Å²) in [4.78, 5) is 5.89. The summed E-state index contributed by atoms with van der Waals surface area (Å²) in [6.07, 6.45) is 8.83. The van der Waals surface area contributed by atoms with Crippen LogP contribution >= 0.6 is 0 Å². The van der Waals surface area contributed by atoms with E-state index in [1.54, 1.807) is 12.1 Å². The SMILES string of the molecule is O=S(=O)(c1ccc(N[C@@H]2C[C@@H]3CN(Cc4ccc5cc[nH]c5c4)C[C@@H]3C2)nn1)C1CCCCC1. The van der Waals surface area contributed by atoms with Gasteiger partial charge in [0.05, 0.1) is 5.25 Å². The normalized spacial score (nSPS) is 26.2.